The molecule has 1 aromatic carbocycles. The summed E-state index contributed by atoms with van der Waals surface area (Å²) in [6.45, 7) is 4.80. The molecule has 0 aromatic heterocycles. The summed E-state index contributed by atoms with van der Waals surface area (Å²) in [5.41, 5.74) is 7.43. The predicted octanol–water partition coefficient (Wildman–Crippen LogP) is 2.57. The van der Waals surface area contributed by atoms with E-state index in [1.165, 1.54) is 5.56 Å². The number of hydrogen-bond acceptors (Lipinski definition) is 4. The van der Waals surface area contributed by atoms with Crippen LogP contribution in [0, 0.1) is 5.92 Å². The number of carbonyl (C=O) groups is 2. The highest BCUT2D eigenvalue weighted by Crippen LogP contribution is 2.20. The molecule has 0 aliphatic carbocycles. The fourth-order valence-electron chi connectivity index (χ4n) is 2.82. The number of hydrogen-bond donors (Lipinski definition) is 4. The fraction of sp³-hybridized carbons (Fsp3) is 0.579. The van der Waals surface area contributed by atoms with E-state index >= 15 is 0 Å². The molecule has 140 valence electrons. The lowest BCUT2D eigenvalue weighted by Gasteiger charge is -2.23. The summed E-state index contributed by atoms with van der Waals surface area (Å²) in [4.78, 5) is 22.7. The second-order valence-corrected chi connectivity index (χ2v) is 6.83. The van der Waals surface area contributed by atoms with E-state index in [0.29, 0.717) is 25.3 Å². The van der Waals surface area contributed by atoms with Crippen molar-refractivity contribution in [2.24, 2.45) is 11.7 Å². The van der Waals surface area contributed by atoms with Gasteiger partial charge in [-0.15, -0.1) is 0 Å². The van der Waals surface area contributed by atoms with E-state index in [4.69, 9.17) is 5.73 Å². The Bertz CT molecular complexity index is 543. The molecule has 0 aliphatic heterocycles. The Morgan fingerprint density at radius 3 is 2.24 bits per heavy atom. The lowest BCUT2D eigenvalue weighted by molar-refractivity contribution is -0.141. The van der Waals surface area contributed by atoms with Gasteiger partial charge in [-0.05, 0) is 42.9 Å². The van der Waals surface area contributed by atoms with E-state index in [-0.39, 0.29) is 6.42 Å². The largest absolute Gasteiger partial charge is 0.481 e. The molecular formula is C19H30N2O4. The van der Waals surface area contributed by atoms with Gasteiger partial charge < -0.3 is 15.9 Å². The molecule has 0 fully saturated rings. The number of nitrogens with two attached hydrogens (primary N) is 1. The molecule has 1 unspecified atom stereocenters. The van der Waals surface area contributed by atoms with Crippen LogP contribution in [0.1, 0.15) is 56.7 Å². The van der Waals surface area contributed by atoms with Gasteiger partial charge in [-0.2, -0.15) is 0 Å². The Hall–Kier alpha value is -1.92. The monoisotopic (exact) mass is 350 g/mol. The standard InChI is InChI=1S/C19H30N2O4/c1-13(2)11-14-6-8-15(9-7-14)17(12-18(22)23)21-16(19(24)25)5-3-4-10-20/h6-9,13,16-17,21H,3-5,10-12,20H2,1-2H3,(H,22,23)(H,24,25)/t16-,17?/m0/s1. The summed E-state index contributed by atoms with van der Waals surface area (Å²) in [6.07, 6.45) is 2.65. The Labute approximate surface area is 149 Å². The van der Waals surface area contributed by atoms with E-state index in [9.17, 15) is 19.8 Å². The molecular weight excluding hydrogens is 320 g/mol. The first-order valence-corrected chi connectivity index (χ1v) is 8.83. The van der Waals surface area contributed by atoms with E-state index in [0.717, 1.165) is 18.4 Å². The maximum absolute atomic E-state index is 11.5. The van der Waals surface area contributed by atoms with Gasteiger partial charge in [0.2, 0.25) is 0 Å². The molecule has 0 aliphatic rings. The molecule has 0 bridgehead atoms. The van der Waals surface area contributed by atoms with Crippen molar-refractivity contribution in [1.29, 1.82) is 0 Å². The molecule has 6 nitrogen and oxygen atoms in total. The van der Waals surface area contributed by atoms with Crippen LogP contribution in [0.25, 0.3) is 0 Å². The quantitative estimate of drug-likeness (QED) is 0.431. The van der Waals surface area contributed by atoms with Crippen molar-refractivity contribution in [2.75, 3.05) is 6.54 Å². The molecule has 0 radical (unpaired) electrons. The Balaban J connectivity index is 2.87. The second-order valence-electron chi connectivity index (χ2n) is 6.83. The number of carboxylic acid groups (broad SMARTS) is 2. The average molecular weight is 350 g/mol. The average Bonchev–Trinajstić information content (AvgIpc) is 2.52. The minimum absolute atomic E-state index is 0.163. The Morgan fingerprint density at radius 1 is 1.12 bits per heavy atom. The highest BCUT2D eigenvalue weighted by atomic mass is 16.4. The summed E-state index contributed by atoms with van der Waals surface area (Å²) in [7, 11) is 0. The highest BCUT2D eigenvalue weighted by molar-refractivity contribution is 5.74. The van der Waals surface area contributed by atoms with Gasteiger partial charge in [0.25, 0.3) is 0 Å². The van der Waals surface area contributed by atoms with Crippen molar-refractivity contribution in [1.82, 2.24) is 5.32 Å². The molecule has 1 aromatic rings. The lowest BCUT2D eigenvalue weighted by atomic mass is 9.97. The third-order valence-electron chi connectivity index (χ3n) is 4.05. The number of carboxylic acids is 2. The van der Waals surface area contributed by atoms with Gasteiger partial charge in [-0.1, -0.05) is 44.5 Å². The third-order valence-corrected chi connectivity index (χ3v) is 4.05. The first-order chi connectivity index (χ1) is 11.8. The SMILES string of the molecule is CC(C)Cc1ccc(C(CC(=O)O)N[C@@H](CCCCN)C(=O)O)cc1. The second kappa shape index (κ2) is 10.8. The fourth-order valence-corrected chi connectivity index (χ4v) is 2.82. The van der Waals surface area contributed by atoms with Gasteiger partial charge in [0.1, 0.15) is 6.04 Å². The van der Waals surface area contributed by atoms with Crippen molar-refractivity contribution in [3.8, 4) is 0 Å². The summed E-state index contributed by atoms with van der Waals surface area (Å²) in [6, 6.07) is 6.41. The number of benzene rings is 1. The highest BCUT2D eigenvalue weighted by Gasteiger charge is 2.24. The van der Waals surface area contributed by atoms with E-state index in [1.54, 1.807) is 0 Å². The molecule has 0 saturated carbocycles. The van der Waals surface area contributed by atoms with E-state index in [2.05, 4.69) is 19.2 Å². The van der Waals surface area contributed by atoms with Crippen molar-refractivity contribution in [3.05, 3.63) is 35.4 Å². The van der Waals surface area contributed by atoms with Crippen LogP contribution in [-0.4, -0.2) is 34.7 Å². The minimum Gasteiger partial charge on any atom is -0.481 e. The van der Waals surface area contributed by atoms with Crippen LogP contribution in [0.4, 0.5) is 0 Å². The topological polar surface area (TPSA) is 113 Å². The van der Waals surface area contributed by atoms with Crippen LogP contribution in [-0.2, 0) is 16.0 Å². The van der Waals surface area contributed by atoms with Gasteiger partial charge in [-0.3, -0.25) is 14.9 Å². The number of aliphatic carboxylic acids is 2. The number of rotatable bonds is 12. The predicted molar refractivity (Wildman–Crippen MR) is 97.4 cm³/mol. The molecule has 2 atom stereocenters. The van der Waals surface area contributed by atoms with Crippen LogP contribution >= 0.6 is 0 Å². The summed E-state index contributed by atoms with van der Waals surface area (Å²) < 4.78 is 0. The first kappa shape index (κ1) is 21.1. The van der Waals surface area contributed by atoms with E-state index in [1.807, 2.05) is 24.3 Å². The molecule has 0 heterocycles. The van der Waals surface area contributed by atoms with Crippen LogP contribution in [0.15, 0.2) is 24.3 Å². The lowest BCUT2D eigenvalue weighted by Crippen LogP contribution is -2.40. The molecule has 1 rings (SSSR count). The Kier molecular flexibility index (Phi) is 9.16. The van der Waals surface area contributed by atoms with Gasteiger partial charge >= 0.3 is 11.9 Å². The molecule has 0 saturated heterocycles. The maximum Gasteiger partial charge on any atom is 0.320 e. The first-order valence-electron chi connectivity index (χ1n) is 8.83. The van der Waals surface area contributed by atoms with Crippen molar-refractivity contribution < 1.29 is 19.8 Å². The third kappa shape index (κ3) is 8.14. The van der Waals surface area contributed by atoms with Crippen molar-refractivity contribution in [2.45, 2.75) is 58.0 Å². The molecule has 5 N–H and O–H groups in total. The maximum atomic E-state index is 11.5. The number of unbranched alkanes of at least 4 members (excludes halogenated alkanes) is 1. The van der Waals surface area contributed by atoms with E-state index < -0.39 is 24.0 Å². The summed E-state index contributed by atoms with van der Waals surface area (Å²) in [5.74, 6) is -1.39. The van der Waals surface area contributed by atoms with Gasteiger partial charge in [0.15, 0.2) is 0 Å². The molecule has 6 heteroatoms. The van der Waals surface area contributed by atoms with Crippen LogP contribution in [0.3, 0.4) is 0 Å². The van der Waals surface area contributed by atoms with Crippen LogP contribution in [0.2, 0.25) is 0 Å². The van der Waals surface area contributed by atoms with Crippen LogP contribution in [0.5, 0.6) is 0 Å². The normalized spacial score (nSPS) is 13.6. The number of nitrogens with one attached hydrogen (secondary N) is 1. The van der Waals surface area contributed by atoms with Gasteiger partial charge in [-0.25, -0.2) is 0 Å². The Morgan fingerprint density at radius 2 is 1.76 bits per heavy atom. The van der Waals surface area contributed by atoms with Gasteiger partial charge in [0.05, 0.1) is 6.42 Å². The zero-order valence-electron chi connectivity index (χ0n) is 15.1. The molecule has 25 heavy (non-hydrogen) atoms. The molecule has 0 spiro atoms. The zero-order chi connectivity index (χ0) is 18.8. The van der Waals surface area contributed by atoms with Crippen LogP contribution < -0.4 is 11.1 Å². The summed E-state index contributed by atoms with van der Waals surface area (Å²) in [5, 5.41) is 21.6. The zero-order valence-corrected chi connectivity index (χ0v) is 15.1. The smallest absolute Gasteiger partial charge is 0.320 e. The van der Waals surface area contributed by atoms with Crippen molar-refractivity contribution in [3.63, 3.8) is 0 Å². The minimum atomic E-state index is -0.969. The molecule has 0 amide bonds. The van der Waals surface area contributed by atoms with Gasteiger partial charge in [0, 0.05) is 6.04 Å². The van der Waals surface area contributed by atoms with Crippen molar-refractivity contribution >= 4 is 11.9 Å². The summed E-state index contributed by atoms with van der Waals surface area (Å²) >= 11 is 0.